The minimum Gasteiger partial charge on any atom is -0.478 e. The van der Waals surface area contributed by atoms with Gasteiger partial charge in [0, 0.05) is 12.2 Å². The van der Waals surface area contributed by atoms with E-state index in [0.717, 1.165) is 6.54 Å². The van der Waals surface area contributed by atoms with Crippen LogP contribution >= 0.6 is 0 Å². The Morgan fingerprint density at radius 3 is 2.12 bits per heavy atom. The Hall–Kier alpha value is -1.51. The fraction of sp³-hybridized carbons (Fsp3) is 0.462. The third kappa shape index (κ3) is 6.06. The fourth-order valence-electron chi connectivity index (χ4n) is 1.01. The molecule has 0 aliphatic carbocycles. The number of hydrogen-bond donors (Lipinski definition) is 2. The van der Waals surface area contributed by atoms with Gasteiger partial charge in [0.2, 0.25) is 0 Å². The van der Waals surface area contributed by atoms with Crippen LogP contribution in [-0.2, 0) is 0 Å². The molecule has 92 valence electrons. The molecule has 0 aromatic heterocycles. The van der Waals surface area contributed by atoms with E-state index in [9.17, 15) is 4.79 Å². The monoisotopic (exact) mass is 225 g/mol. The Morgan fingerprint density at radius 1 is 1.19 bits per heavy atom. The molecule has 0 aliphatic heterocycles. The van der Waals surface area contributed by atoms with Gasteiger partial charge in [-0.3, -0.25) is 0 Å². The van der Waals surface area contributed by atoms with Crippen molar-refractivity contribution < 1.29 is 9.90 Å². The van der Waals surface area contributed by atoms with E-state index in [1.807, 2.05) is 40.7 Å². The highest BCUT2D eigenvalue weighted by Gasteiger charge is 2.06. The van der Waals surface area contributed by atoms with Crippen LogP contribution in [0.3, 0.4) is 0 Å². The summed E-state index contributed by atoms with van der Waals surface area (Å²) in [4.78, 5) is 10.7. The van der Waals surface area contributed by atoms with Gasteiger partial charge in [-0.1, -0.05) is 39.8 Å². The van der Waals surface area contributed by atoms with E-state index in [1.165, 1.54) is 0 Å². The van der Waals surface area contributed by atoms with Gasteiger partial charge in [-0.15, -0.1) is 0 Å². The number of anilines is 1. The minimum absolute atomic E-state index is 0.319. The molecule has 0 aliphatic rings. The number of nitrogens with one attached hydrogen (secondary N) is 1. The number of para-hydroxylation sites is 1. The summed E-state index contributed by atoms with van der Waals surface area (Å²) < 4.78 is 0. The number of hydrogen-bond acceptors (Lipinski definition) is 2. The highest BCUT2D eigenvalue weighted by atomic mass is 16.4. The van der Waals surface area contributed by atoms with Crippen LogP contribution in [0.5, 0.6) is 0 Å². The van der Waals surface area contributed by atoms with Gasteiger partial charge in [0.25, 0.3) is 0 Å². The van der Waals surface area contributed by atoms with Gasteiger partial charge in [0.05, 0.1) is 5.56 Å². The van der Waals surface area contributed by atoms with Crippen molar-refractivity contribution in [2.24, 2.45) is 0 Å². The summed E-state index contributed by atoms with van der Waals surface area (Å²) >= 11 is 0. The van der Waals surface area contributed by atoms with Gasteiger partial charge in [-0.2, -0.15) is 0 Å². The number of carboxylic acids is 1. The van der Waals surface area contributed by atoms with Crippen molar-refractivity contribution in [2.45, 2.75) is 34.6 Å². The number of carboxylic acid groups (broad SMARTS) is 1. The van der Waals surface area contributed by atoms with Crippen LogP contribution < -0.4 is 5.32 Å². The second kappa shape index (κ2) is 11.6. The first-order valence-electron chi connectivity index (χ1n) is 5.82. The van der Waals surface area contributed by atoms with Crippen molar-refractivity contribution in [1.82, 2.24) is 0 Å². The molecular formula is C13H23NO2. The van der Waals surface area contributed by atoms with E-state index in [4.69, 9.17) is 5.11 Å². The molecule has 3 heteroatoms. The van der Waals surface area contributed by atoms with Crippen molar-refractivity contribution in [3.8, 4) is 0 Å². The summed E-state index contributed by atoms with van der Waals surface area (Å²) in [5, 5.41) is 11.7. The Labute approximate surface area is 98.5 Å². The molecule has 0 unspecified atom stereocenters. The summed E-state index contributed by atoms with van der Waals surface area (Å²) in [6.07, 6.45) is 0. The largest absolute Gasteiger partial charge is 0.478 e. The normalized spacial score (nSPS) is 7.81. The maximum Gasteiger partial charge on any atom is 0.337 e. The van der Waals surface area contributed by atoms with Crippen molar-refractivity contribution in [3.05, 3.63) is 29.8 Å². The second-order valence-electron chi connectivity index (χ2n) is 2.38. The van der Waals surface area contributed by atoms with Crippen molar-refractivity contribution in [1.29, 1.82) is 0 Å². The van der Waals surface area contributed by atoms with E-state index in [1.54, 1.807) is 18.2 Å². The highest BCUT2D eigenvalue weighted by molar-refractivity contribution is 5.94. The first kappa shape index (κ1) is 16.9. The van der Waals surface area contributed by atoms with Gasteiger partial charge < -0.3 is 10.4 Å². The molecule has 0 heterocycles. The standard InChI is InChI=1S/C9H11NO2.2C2H6/c1-2-10-8-6-4-3-5-7(8)9(11)12;2*1-2/h3-6,10H,2H2,1H3,(H,11,12);2*1-2H3. The Balaban J connectivity index is 0. The summed E-state index contributed by atoms with van der Waals surface area (Å²) in [5.41, 5.74) is 0.992. The zero-order valence-corrected chi connectivity index (χ0v) is 10.9. The lowest BCUT2D eigenvalue weighted by atomic mass is 10.2. The summed E-state index contributed by atoms with van der Waals surface area (Å²) in [5.74, 6) is -0.897. The van der Waals surface area contributed by atoms with Crippen LogP contribution in [0.2, 0.25) is 0 Å². The first-order chi connectivity index (χ1) is 7.75. The topological polar surface area (TPSA) is 49.3 Å². The maximum absolute atomic E-state index is 10.7. The van der Waals surface area contributed by atoms with E-state index in [-0.39, 0.29) is 0 Å². The average molecular weight is 225 g/mol. The quantitative estimate of drug-likeness (QED) is 0.821. The van der Waals surface area contributed by atoms with E-state index < -0.39 is 5.97 Å². The molecule has 0 spiro atoms. The van der Waals surface area contributed by atoms with Gasteiger partial charge in [0.15, 0.2) is 0 Å². The molecule has 1 rings (SSSR count). The molecule has 0 fully saturated rings. The fourth-order valence-corrected chi connectivity index (χ4v) is 1.01. The molecule has 1 aromatic carbocycles. The van der Waals surface area contributed by atoms with Crippen LogP contribution in [-0.4, -0.2) is 17.6 Å². The Kier molecular flexibility index (Phi) is 12.2. The molecule has 16 heavy (non-hydrogen) atoms. The van der Waals surface area contributed by atoms with Crippen LogP contribution in [0.4, 0.5) is 5.69 Å². The minimum atomic E-state index is -0.897. The van der Waals surface area contributed by atoms with Crippen LogP contribution in [0.15, 0.2) is 24.3 Å². The summed E-state index contributed by atoms with van der Waals surface area (Å²) in [6, 6.07) is 6.86. The molecule has 0 amide bonds. The summed E-state index contributed by atoms with van der Waals surface area (Å²) in [7, 11) is 0. The highest BCUT2D eigenvalue weighted by Crippen LogP contribution is 2.13. The third-order valence-corrected chi connectivity index (χ3v) is 1.52. The molecule has 3 nitrogen and oxygen atoms in total. The molecule has 2 N–H and O–H groups in total. The van der Waals surface area contributed by atoms with E-state index >= 15 is 0 Å². The Morgan fingerprint density at radius 2 is 1.69 bits per heavy atom. The zero-order valence-electron chi connectivity index (χ0n) is 10.9. The predicted octanol–water partition coefficient (Wildman–Crippen LogP) is 3.87. The first-order valence-corrected chi connectivity index (χ1v) is 5.82. The lowest BCUT2D eigenvalue weighted by molar-refractivity contribution is 0.0698. The molecule has 0 atom stereocenters. The lowest BCUT2D eigenvalue weighted by Gasteiger charge is -2.05. The van der Waals surface area contributed by atoms with Crippen molar-refractivity contribution in [2.75, 3.05) is 11.9 Å². The number of rotatable bonds is 3. The number of aromatic carboxylic acids is 1. The van der Waals surface area contributed by atoms with Crippen molar-refractivity contribution >= 4 is 11.7 Å². The van der Waals surface area contributed by atoms with Crippen molar-refractivity contribution in [3.63, 3.8) is 0 Å². The molecule has 0 radical (unpaired) electrons. The molecular weight excluding hydrogens is 202 g/mol. The molecule has 0 bridgehead atoms. The molecule has 1 aromatic rings. The van der Waals surface area contributed by atoms with Crippen LogP contribution in [0.1, 0.15) is 45.0 Å². The maximum atomic E-state index is 10.7. The number of benzene rings is 1. The molecule has 0 saturated carbocycles. The average Bonchev–Trinajstić information content (AvgIpc) is 2.35. The van der Waals surface area contributed by atoms with Crippen LogP contribution in [0.25, 0.3) is 0 Å². The van der Waals surface area contributed by atoms with Gasteiger partial charge in [0.1, 0.15) is 0 Å². The summed E-state index contributed by atoms with van der Waals surface area (Å²) in [6.45, 7) is 10.7. The lowest BCUT2D eigenvalue weighted by Crippen LogP contribution is -2.04. The van der Waals surface area contributed by atoms with Crippen LogP contribution in [0, 0.1) is 0 Å². The smallest absolute Gasteiger partial charge is 0.337 e. The number of carbonyl (C=O) groups is 1. The zero-order chi connectivity index (χ0) is 13.0. The van der Waals surface area contributed by atoms with E-state index in [2.05, 4.69) is 5.32 Å². The van der Waals surface area contributed by atoms with Gasteiger partial charge >= 0.3 is 5.97 Å². The van der Waals surface area contributed by atoms with Gasteiger partial charge in [-0.05, 0) is 19.1 Å². The third-order valence-electron chi connectivity index (χ3n) is 1.52. The Bertz CT molecular complexity index is 285. The molecule has 0 saturated heterocycles. The predicted molar refractivity (Wildman–Crippen MR) is 70.3 cm³/mol. The van der Waals surface area contributed by atoms with Gasteiger partial charge in [-0.25, -0.2) is 4.79 Å². The second-order valence-corrected chi connectivity index (χ2v) is 2.38. The van der Waals surface area contributed by atoms with E-state index in [0.29, 0.717) is 11.3 Å². The SMILES string of the molecule is CC.CC.CCNc1ccccc1C(=O)O.